The zero-order valence-electron chi connectivity index (χ0n) is 21.5. The van der Waals surface area contributed by atoms with Crippen molar-refractivity contribution in [1.82, 2.24) is 25.1 Å². The smallest absolute Gasteiger partial charge is 0.272 e. The molecule has 0 aliphatic carbocycles. The summed E-state index contributed by atoms with van der Waals surface area (Å²) in [5.41, 5.74) is 1.84. The summed E-state index contributed by atoms with van der Waals surface area (Å²) in [7, 11) is 2.06. The number of hydrogen-bond donors (Lipinski definition) is 2. The molecule has 0 saturated carbocycles. The first-order valence-electron chi connectivity index (χ1n) is 12.7. The number of fused-ring (bicyclic) bond motifs is 1. The fourth-order valence-corrected chi connectivity index (χ4v) is 4.88. The van der Waals surface area contributed by atoms with Gasteiger partial charge in [0.1, 0.15) is 11.9 Å². The largest absolute Gasteiger partial charge is 0.381 e. The molecule has 35 heavy (non-hydrogen) atoms. The summed E-state index contributed by atoms with van der Waals surface area (Å²) in [4.78, 5) is 33.9. The highest BCUT2D eigenvalue weighted by atomic mass is 16.5. The van der Waals surface area contributed by atoms with Gasteiger partial charge in [-0.1, -0.05) is 51.1 Å². The predicted molar refractivity (Wildman–Crippen MR) is 136 cm³/mol. The summed E-state index contributed by atoms with van der Waals surface area (Å²) < 4.78 is 7.60. The monoisotopic (exact) mass is 481 g/mol. The number of aromatic nitrogens is 2. The molecule has 0 bridgehead atoms. The quantitative estimate of drug-likeness (QED) is 0.662. The zero-order chi connectivity index (χ0) is 25.0. The van der Waals surface area contributed by atoms with Crippen LogP contribution in [0.25, 0.3) is 11.4 Å². The molecule has 1 aromatic heterocycles. The Morgan fingerprint density at radius 3 is 2.54 bits per heavy atom. The van der Waals surface area contributed by atoms with E-state index in [0.29, 0.717) is 24.7 Å². The lowest BCUT2D eigenvalue weighted by Gasteiger charge is -2.31. The highest BCUT2D eigenvalue weighted by Crippen LogP contribution is 2.27. The molecule has 4 rings (SSSR count). The van der Waals surface area contributed by atoms with Crippen molar-refractivity contribution in [2.24, 2.45) is 11.3 Å². The number of nitrogens with one attached hydrogen (secondary N) is 2. The first-order chi connectivity index (χ1) is 16.7. The number of carbonyl (C=O) groups is 2. The van der Waals surface area contributed by atoms with Crippen molar-refractivity contribution in [3.05, 3.63) is 41.7 Å². The molecule has 1 atom stereocenters. The third-order valence-corrected chi connectivity index (χ3v) is 6.97. The Bertz CT molecular complexity index is 1020. The number of nitrogens with zero attached hydrogens (tertiary/aromatic N) is 3. The van der Waals surface area contributed by atoms with E-state index in [1.165, 1.54) is 0 Å². The van der Waals surface area contributed by atoms with E-state index in [-0.39, 0.29) is 11.8 Å². The molecule has 8 heteroatoms. The van der Waals surface area contributed by atoms with Gasteiger partial charge >= 0.3 is 0 Å². The molecular weight excluding hydrogens is 442 g/mol. The second-order valence-electron chi connectivity index (χ2n) is 10.9. The second-order valence-corrected chi connectivity index (χ2v) is 10.9. The third kappa shape index (κ3) is 6.11. The molecule has 1 unspecified atom stereocenters. The molecule has 0 spiro atoms. The van der Waals surface area contributed by atoms with Gasteiger partial charge in [-0.25, -0.2) is 4.98 Å². The van der Waals surface area contributed by atoms with Gasteiger partial charge in [0, 0.05) is 38.4 Å². The summed E-state index contributed by atoms with van der Waals surface area (Å²) in [5, 5.41) is 6.12. The van der Waals surface area contributed by atoms with E-state index in [9.17, 15) is 9.59 Å². The lowest BCUT2D eigenvalue weighted by molar-refractivity contribution is -0.125. The molecule has 2 aromatic rings. The van der Waals surface area contributed by atoms with Crippen molar-refractivity contribution in [1.29, 1.82) is 0 Å². The van der Waals surface area contributed by atoms with Crippen molar-refractivity contribution in [2.45, 2.75) is 59.2 Å². The molecule has 0 radical (unpaired) electrons. The summed E-state index contributed by atoms with van der Waals surface area (Å²) >= 11 is 0. The zero-order valence-corrected chi connectivity index (χ0v) is 21.5. The molecule has 2 N–H and O–H groups in total. The van der Waals surface area contributed by atoms with Gasteiger partial charge in [0.2, 0.25) is 5.91 Å². The van der Waals surface area contributed by atoms with Crippen molar-refractivity contribution in [3.63, 3.8) is 0 Å². The van der Waals surface area contributed by atoms with Crippen LogP contribution in [0.5, 0.6) is 0 Å². The average molecular weight is 482 g/mol. The highest BCUT2D eigenvalue weighted by Gasteiger charge is 2.35. The molecule has 1 aromatic carbocycles. The minimum Gasteiger partial charge on any atom is -0.381 e. The Morgan fingerprint density at radius 1 is 1.14 bits per heavy atom. The van der Waals surface area contributed by atoms with Crippen molar-refractivity contribution in [3.8, 4) is 11.4 Å². The van der Waals surface area contributed by atoms with Crippen LogP contribution in [0.4, 0.5) is 0 Å². The number of benzene rings is 1. The fourth-order valence-electron chi connectivity index (χ4n) is 4.88. The second kappa shape index (κ2) is 10.9. The van der Waals surface area contributed by atoms with Crippen LogP contribution in [0.1, 0.15) is 56.2 Å². The van der Waals surface area contributed by atoms with E-state index in [1.54, 1.807) is 0 Å². The van der Waals surface area contributed by atoms with Crippen molar-refractivity contribution >= 4 is 11.8 Å². The molecule has 8 nitrogen and oxygen atoms in total. The van der Waals surface area contributed by atoms with Crippen LogP contribution in [0.2, 0.25) is 0 Å². The molecule has 2 aliphatic rings. The van der Waals surface area contributed by atoms with Gasteiger partial charge in [0.05, 0.1) is 5.69 Å². The average Bonchev–Trinajstić information content (AvgIpc) is 3.07. The number of hydrogen-bond acceptors (Lipinski definition) is 5. The lowest BCUT2D eigenvalue weighted by atomic mass is 9.85. The Hall–Kier alpha value is -2.71. The topological polar surface area (TPSA) is 88.5 Å². The van der Waals surface area contributed by atoms with Gasteiger partial charge in [-0.2, -0.15) is 0 Å². The number of imidazole rings is 1. The SMILES string of the molecule is CN1CCCn2c(-c3ccccc3)nc(C(=O)NC(C(=O)NCC3CCOCC3)C(C)(C)C)c2C1. The number of carbonyl (C=O) groups excluding carboxylic acids is 2. The normalized spacial score (nSPS) is 18.4. The van der Waals surface area contributed by atoms with E-state index < -0.39 is 11.5 Å². The van der Waals surface area contributed by atoms with Crippen LogP contribution in [-0.4, -0.2) is 65.7 Å². The fraction of sp³-hybridized carbons (Fsp3) is 0.593. The molecular formula is C27H39N5O3. The van der Waals surface area contributed by atoms with E-state index in [1.807, 2.05) is 51.1 Å². The van der Waals surface area contributed by atoms with E-state index >= 15 is 0 Å². The maximum Gasteiger partial charge on any atom is 0.272 e. The Balaban J connectivity index is 1.58. The maximum absolute atomic E-state index is 13.6. The Labute approximate surface area is 208 Å². The van der Waals surface area contributed by atoms with E-state index in [4.69, 9.17) is 9.72 Å². The van der Waals surface area contributed by atoms with Gasteiger partial charge in [0.15, 0.2) is 5.69 Å². The van der Waals surface area contributed by atoms with Crippen LogP contribution >= 0.6 is 0 Å². The van der Waals surface area contributed by atoms with E-state index in [2.05, 4.69) is 27.1 Å². The van der Waals surface area contributed by atoms with Gasteiger partial charge in [0.25, 0.3) is 5.91 Å². The van der Waals surface area contributed by atoms with Crippen LogP contribution in [-0.2, 0) is 22.6 Å². The van der Waals surface area contributed by atoms with Gasteiger partial charge in [-0.15, -0.1) is 0 Å². The molecule has 2 amide bonds. The predicted octanol–water partition coefficient (Wildman–Crippen LogP) is 3.07. The molecule has 2 aliphatic heterocycles. The molecule has 1 fully saturated rings. The first kappa shape index (κ1) is 25.4. The number of amides is 2. The van der Waals surface area contributed by atoms with Crippen LogP contribution in [0.3, 0.4) is 0 Å². The van der Waals surface area contributed by atoms with Crippen LogP contribution < -0.4 is 10.6 Å². The first-order valence-corrected chi connectivity index (χ1v) is 12.7. The van der Waals surface area contributed by atoms with Crippen molar-refractivity contribution < 1.29 is 14.3 Å². The minimum atomic E-state index is -0.670. The van der Waals surface area contributed by atoms with Crippen LogP contribution in [0.15, 0.2) is 30.3 Å². The highest BCUT2D eigenvalue weighted by molar-refractivity contribution is 5.98. The maximum atomic E-state index is 13.6. The summed E-state index contributed by atoms with van der Waals surface area (Å²) in [6, 6.07) is 9.32. The van der Waals surface area contributed by atoms with E-state index in [0.717, 1.165) is 62.6 Å². The molecule has 190 valence electrons. The van der Waals surface area contributed by atoms with Crippen LogP contribution in [0, 0.1) is 11.3 Å². The number of rotatable bonds is 6. The summed E-state index contributed by atoms with van der Waals surface area (Å²) in [5.74, 6) is 0.768. The standard InChI is InChI=1S/C27H39N5O3/c1-27(2,3)23(26(34)28-17-19-11-15-35-16-12-19)30-25(33)22-21-18-31(4)13-8-14-32(21)24(29-22)20-9-6-5-7-10-20/h5-7,9-10,19,23H,8,11-18H2,1-4H3,(H,28,34)(H,30,33). The Kier molecular flexibility index (Phi) is 7.91. The Morgan fingerprint density at radius 2 is 1.86 bits per heavy atom. The van der Waals surface area contributed by atoms with Gasteiger partial charge in [-0.05, 0) is 44.2 Å². The summed E-state index contributed by atoms with van der Waals surface area (Å²) in [6.45, 7) is 10.4. The lowest BCUT2D eigenvalue weighted by Crippen LogP contribution is -2.54. The molecule has 3 heterocycles. The van der Waals surface area contributed by atoms with Gasteiger partial charge < -0.3 is 24.8 Å². The van der Waals surface area contributed by atoms with Gasteiger partial charge in [-0.3, -0.25) is 9.59 Å². The number of ether oxygens (including phenoxy) is 1. The summed E-state index contributed by atoms with van der Waals surface area (Å²) in [6.07, 6.45) is 2.88. The third-order valence-electron chi connectivity index (χ3n) is 6.97. The van der Waals surface area contributed by atoms with Crippen molar-refractivity contribution in [2.75, 3.05) is 33.4 Å². The minimum absolute atomic E-state index is 0.150. The molecule has 1 saturated heterocycles.